The number of carbonyl (C=O) groups excluding carboxylic acids is 3. The van der Waals surface area contributed by atoms with E-state index in [0.717, 1.165) is 53.5 Å². The number of fused-ring (bicyclic) bond motifs is 8. The van der Waals surface area contributed by atoms with Crippen LogP contribution in [0.2, 0.25) is 0 Å². The van der Waals surface area contributed by atoms with Crippen LogP contribution in [0.1, 0.15) is 101 Å². The van der Waals surface area contributed by atoms with Crippen LogP contribution in [0.4, 0.5) is 0 Å². The lowest BCUT2D eigenvalue weighted by Crippen LogP contribution is -2.75. The van der Waals surface area contributed by atoms with E-state index in [1.807, 2.05) is 79.6 Å². The number of esters is 1. The second-order valence-corrected chi connectivity index (χ2v) is 27.0. The quantitative estimate of drug-likeness (QED) is 0.0331. The van der Waals surface area contributed by atoms with Gasteiger partial charge in [-0.05, 0) is 131 Å². The van der Waals surface area contributed by atoms with Crippen LogP contribution in [0, 0.1) is 35.5 Å². The zero-order valence-electron chi connectivity index (χ0n) is 45.9. The summed E-state index contributed by atoms with van der Waals surface area (Å²) in [4.78, 5) is 60.5. The predicted molar refractivity (Wildman–Crippen MR) is 308 cm³/mol. The number of dihydropyridines is 1. The van der Waals surface area contributed by atoms with E-state index in [2.05, 4.69) is 10.6 Å². The van der Waals surface area contributed by atoms with Crippen molar-refractivity contribution in [2.24, 2.45) is 41.2 Å². The molecule has 1 aromatic heterocycles. The summed E-state index contributed by atoms with van der Waals surface area (Å²) in [6, 6.07) is 15.2. The van der Waals surface area contributed by atoms with Gasteiger partial charge >= 0.3 is 11.6 Å². The number of carbonyl (C=O) groups is 3. The van der Waals surface area contributed by atoms with Crippen LogP contribution in [0.5, 0.6) is 5.75 Å². The molecule has 8 N–H and O–H groups in total. The Labute approximate surface area is 475 Å². The maximum absolute atomic E-state index is 15.2. The Balaban J connectivity index is 0.980. The van der Waals surface area contributed by atoms with Crippen molar-refractivity contribution < 1.29 is 48.7 Å². The number of ketones is 1. The first-order valence-electron chi connectivity index (χ1n) is 29.1. The van der Waals surface area contributed by atoms with Crippen LogP contribution in [-0.2, 0) is 37.4 Å². The zero-order valence-corrected chi connectivity index (χ0v) is 47.6. The molecule has 2 aromatic carbocycles. The lowest BCUT2D eigenvalue weighted by atomic mass is 9.50. The van der Waals surface area contributed by atoms with Gasteiger partial charge in [0.15, 0.2) is 17.0 Å². The number of benzene rings is 2. The fourth-order valence-electron chi connectivity index (χ4n) is 16.8. The highest BCUT2D eigenvalue weighted by atomic mass is 33.1. The smallest absolute Gasteiger partial charge is 0.340 e. The third-order valence-corrected chi connectivity index (χ3v) is 23.4. The molecule has 3 saturated carbocycles. The number of allylic oxidation sites excluding steroid dienone is 3. The normalized spacial score (nSPS) is 35.9. The van der Waals surface area contributed by atoms with Crippen LogP contribution >= 0.6 is 21.6 Å². The molecule has 4 fully saturated rings. The number of nitrogens with one attached hydrogen (secondary N) is 2. The molecule has 3 aromatic rings. The molecule has 17 heteroatoms. The molecule has 12 rings (SSSR count). The molecule has 15 unspecified atom stereocenters. The SMILES string of the molecule is CC=C(CCO)C(=O)OC1(C)C(CO)C=C2CSSC3CC4C(=O)C=CC5C(C4NC)C3N5C(=O)CC3=C(C=C(N)NC3)C2C12Cc1cc3cc(C45CCCCC4CCC(O)C5CCC(O)Cc4ccccc4)c(=O)oc3cc1O2. The first-order chi connectivity index (χ1) is 38.7. The first kappa shape index (κ1) is 55.4. The molecule has 9 aliphatic rings. The van der Waals surface area contributed by atoms with Crippen molar-refractivity contribution in [1.29, 1.82) is 0 Å². The molecule has 2 bridgehead atoms. The van der Waals surface area contributed by atoms with Gasteiger partial charge in [-0.1, -0.05) is 88.6 Å². The van der Waals surface area contributed by atoms with Gasteiger partial charge in [-0.2, -0.15) is 0 Å². The molecule has 4 aliphatic heterocycles. The standard InChI is InChI=1S/C63H76N4O11S2/c1-4-35(19-21-68)59(74)78-61(2)41(32-69)24-39-33-79-80-52-27-44-48(71)18-16-47-55(57(44)65-3)58(52)67(47)54(73)26-38-31-66-53(64)28-43(38)56(39)63(61)30-37-23-36-25-46(60(75)76-50(36)29-51(37)77-63)62-20-9-8-12-40(62)13-17-49(72)45(62)15-14-42(70)22-34-10-6-5-7-11-34/h4-7,10-11,16,18,23-25,28-29,40-42,44-45,47,49,52,55-58,65-66,68-70,72H,8-9,12-15,17,19-22,26-27,30-33,64H2,1-3H3. The van der Waals surface area contributed by atoms with E-state index in [1.165, 1.54) is 0 Å². The van der Waals surface area contributed by atoms with Gasteiger partial charge in [0.2, 0.25) is 5.91 Å². The van der Waals surface area contributed by atoms with Crippen molar-refractivity contribution in [2.75, 3.05) is 32.6 Å². The average Bonchev–Trinajstić information content (AvgIpc) is 4.03. The number of nitrogens with two attached hydrogens (primary N) is 1. The van der Waals surface area contributed by atoms with E-state index in [9.17, 15) is 34.8 Å². The highest BCUT2D eigenvalue weighted by Crippen LogP contribution is 2.61. The summed E-state index contributed by atoms with van der Waals surface area (Å²) < 4.78 is 20.9. The predicted octanol–water partition coefficient (Wildman–Crippen LogP) is 6.64. The Morgan fingerprint density at radius 3 is 2.70 bits per heavy atom. The van der Waals surface area contributed by atoms with E-state index in [-0.39, 0.29) is 96.7 Å². The average molecular weight is 1130 g/mol. The molecule has 1 saturated heterocycles. The maximum atomic E-state index is 15.2. The minimum absolute atomic E-state index is 0.0417. The summed E-state index contributed by atoms with van der Waals surface area (Å²) in [5.74, 6) is -1.23. The van der Waals surface area contributed by atoms with Crippen molar-refractivity contribution in [3.8, 4) is 5.75 Å². The summed E-state index contributed by atoms with van der Waals surface area (Å²) in [5.41, 5.74) is 7.85. The van der Waals surface area contributed by atoms with Crippen LogP contribution in [-0.4, -0.2) is 122 Å². The number of amides is 1. The van der Waals surface area contributed by atoms with Crippen LogP contribution in [0.15, 0.2) is 116 Å². The van der Waals surface area contributed by atoms with Gasteiger partial charge in [0.05, 0.1) is 49.1 Å². The molecule has 80 heavy (non-hydrogen) atoms. The molecule has 1 spiro atoms. The highest BCUT2D eigenvalue weighted by molar-refractivity contribution is 8.77. The number of hydrogen-bond acceptors (Lipinski definition) is 16. The van der Waals surface area contributed by atoms with E-state index in [1.54, 1.807) is 46.7 Å². The van der Waals surface area contributed by atoms with Crippen molar-refractivity contribution in [3.63, 3.8) is 0 Å². The minimum atomic E-state index is -1.62. The Morgan fingerprint density at radius 1 is 1.10 bits per heavy atom. The first-order valence-corrected chi connectivity index (χ1v) is 31.5. The third kappa shape index (κ3) is 9.05. The van der Waals surface area contributed by atoms with E-state index < -0.39 is 58.9 Å². The summed E-state index contributed by atoms with van der Waals surface area (Å²) in [7, 11) is 5.26. The topological polar surface area (TPSA) is 234 Å². The number of hydrogen-bond donors (Lipinski definition) is 7. The minimum Gasteiger partial charge on any atom is -0.481 e. The number of aliphatic hydroxyl groups excluding tert-OH is 4. The maximum Gasteiger partial charge on any atom is 0.340 e. The Hall–Kier alpha value is -5.14. The van der Waals surface area contributed by atoms with Crippen molar-refractivity contribution in [2.45, 2.75) is 150 Å². The van der Waals surface area contributed by atoms with Gasteiger partial charge in [0.1, 0.15) is 11.3 Å². The van der Waals surface area contributed by atoms with Gasteiger partial charge in [-0.25, -0.2) is 9.59 Å². The third-order valence-electron chi connectivity index (χ3n) is 20.5. The number of rotatable bonds is 12. The largest absolute Gasteiger partial charge is 0.481 e. The van der Waals surface area contributed by atoms with E-state index in [4.69, 9.17) is 19.6 Å². The van der Waals surface area contributed by atoms with Crippen molar-refractivity contribution >= 4 is 50.2 Å². The van der Waals surface area contributed by atoms with Gasteiger partial charge in [0, 0.05) is 88.8 Å². The Kier molecular flexibility index (Phi) is 15.2. The fraction of sp³-hybridized carbons (Fsp3) is 0.556. The van der Waals surface area contributed by atoms with Gasteiger partial charge in [-0.3, -0.25) is 9.59 Å². The van der Waals surface area contributed by atoms with E-state index in [0.29, 0.717) is 72.4 Å². The van der Waals surface area contributed by atoms with Crippen molar-refractivity contribution in [3.05, 3.63) is 134 Å². The van der Waals surface area contributed by atoms with Crippen LogP contribution < -0.4 is 26.7 Å². The van der Waals surface area contributed by atoms with Crippen molar-refractivity contribution in [1.82, 2.24) is 15.5 Å². The van der Waals surface area contributed by atoms with Crippen LogP contribution in [0.3, 0.4) is 0 Å². The molecular weight excluding hydrogens is 1050 g/mol. The fourth-order valence-corrected chi connectivity index (χ4v) is 19.9. The molecule has 0 radical (unpaired) electrons. The molecule has 5 heterocycles. The molecule has 426 valence electrons. The monoisotopic (exact) mass is 1130 g/mol. The number of nitrogens with zero attached hydrogens (tertiary/aromatic N) is 1. The summed E-state index contributed by atoms with van der Waals surface area (Å²) in [5, 5.41) is 52.6. The van der Waals surface area contributed by atoms with Gasteiger partial charge in [-0.15, -0.1) is 0 Å². The summed E-state index contributed by atoms with van der Waals surface area (Å²) >= 11 is 0. The number of aliphatic hydroxyl groups is 4. The second kappa shape index (κ2) is 21.9. The molecule has 1 amide bonds. The molecule has 5 aliphatic carbocycles. The van der Waals surface area contributed by atoms with E-state index >= 15 is 4.79 Å². The Morgan fingerprint density at radius 2 is 1.93 bits per heavy atom. The zero-order chi connectivity index (χ0) is 55.8. The lowest BCUT2D eigenvalue weighted by molar-refractivity contribution is -0.202. The molecular formula is C63H76N4O11S2. The van der Waals surface area contributed by atoms with Gasteiger partial charge in [0.25, 0.3) is 0 Å². The highest BCUT2D eigenvalue weighted by Gasteiger charge is 2.68. The lowest BCUT2D eigenvalue weighted by Gasteiger charge is -2.62. The summed E-state index contributed by atoms with van der Waals surface area (Å²) in [6.45, 7) is 3.08. The number of ether oxygens (including phenoxy) is 2. The summed E-state index contributed by atoms with van der Waals surface area (Å²) in [6.07, 6.45) is 15.1. The molecule has 15 nitrogen and oxygen atoms in total. The van der Waals surface area contributed by atoms with Crippen LogP contribution in [0.25, 0.3) is 11.0 Å². The second-order valence-electron chi connectivity index (χ2n) is 24.4. The Bertz CT molecular complexity index is 3170. The molecule has 15 atom stereocenters. The van der Waals surface area contributed by atoms with Gasteiger partial charge < -0.3 is 55.6 Å².